The maximum absolute atomic E-state index is 4.80. The van der Waals surface area contributed by atoms with Gasteiger partial charge in [0, 0.05) is 17.3 Å². The predicted molar refractivity (Wildman–Crippen MR) is 114 cm³/mol. The molecule has 0 aliphatic heterocycles. The van der Waals surface area contributed by atoms with E-state index in [1.807, 2.05) is 48.2 Å². The summed E-state index contributed by atoms with van der Waals surface area (Å²) in [4.78, 5) is 14.9. The molecular weight excluding hydrogens is 358 g/mol. The first-order chi connectivity index (χ1) is 12.9. The lowest BCUT2D eigenvalue weighted by Gasteiger charge is -2.09. The first-order valence-corrected chi connectivity index (χ1v) is 10.6. The third-order valence-corrected chi connectivity index (χ3v) is 5.35. The third kappa shape index (κ3) is 5.58. The van der Waals surface area contributed by atoms with Crippen LogP contribution in [0.25, 0.3) is 22.8 Å². The Kier molecular flexibility index (Phi) is 7.52. The van der Waals surface area contributed by atoms with Crippen molar-refractivity contribution in [2.75, 3.05) is 11.5 Å². The van der Waals surface area contributed by atoms with Crippen LogP contribution in [0.15, 0.2) is 65.8 Å². The van der Waals surface area contributed by atoms with Gasteiger partial charge in [0.25, 0.3) is 0 Å². The topological polar surface area (TPSA) is 38.7 Å². The molecule has 134 valence electrons. The van der Waals surface area contributed by atoms with Crippen LogP contribution in [-0.4, -0.2) is 26.5 Å². The van der Waals surface area contributed by atoms with Crippen LogP contribution in [0.2, 0.25) is 0 Å². The summed E-state index contributed by atoms with van der Waals surface area (Å²) in [7, 11) is 0. The number of aromatic nitrogens is 3. The fraction of sp³-hybridized carbons (Fsp3) is 0.286. The monoisotopic (exact) mass is 381 g/mol. The molecule has 0 N–H and O–H groups in total. The molecule has 0 aliphatic rings. The van der Waals surface area contributed by atoms with Gasteiger partial charge in [-0.05, 0) is 60.7 Å². The van der Waals surface area contributed by atoms with E-state index in [0.29, 0.717) is 0 Å². The van der Waals surface area contributed by atoms with E-state index in [9.17, 15) is 0 Å². The van der Waals surface area contributed by atoms with Crippen molar-refractivity contribution < 1.29 is 0 Å². The summed E-state index contributed by atoms with van der Waals surface area (Å²) in [5.41, 5.74) is 3.57. The van der Waals surface area contributed by atoms with Crippen LogP contribution in [0.1, 0.15) is 25.7 Å². The molecule has 0 fully saturated rings. The standard InChI is InChI=1S/C21H23N3S2/c25-13-7-1-2-8-14-26-17-15-20(18-9-3-5-11-22-18)24-21(16-17)19-10-4-6-12-23-19/h3-6,9-12,15-16,25H,1-2,7-8,13-14H2. The van der Waals surface area contributed by atoms with Crippen molar-refractivity contribution in [2.24, 2.45) is 0 Å². The number of pyridine rings is 3. The van der Waals surface area contributed by atoms with Gasteiger partial charge in [0.2, 0.25) is 0 Å². The van der Waals surface area contributed by atoms with E-state index >= 15 is 0 Å². The van der Waals surface area contributed by atoms with E-state index in [4.69, 9.17) is 4.98 Å². The maximum atomic E-state index is 4.80. The minimum Gasteiger partial charge on any atom is -0.255 e. The van der Waals surface area contributed by atoms with E-state index in [-0.39, 0.29) is 0 Å². The van der Waals surface area contributed by atoms with Gasteiger partial charge in [0.15, 0.2) is 0 Å². The molecule has 5 heteroatoms. The zero-order valence-electron chi connectivity index (χ0n) is 14.7. The molecule has 0 aliphatic carbocycles. The third-order valence-electron chi connectivity index (χ3n) is 3.97. The van der Waals surface area contributed by atoms with Gasteiger partial charge in [-0.2, -0.15) is 12.6 Å². The van der Waals surface area contributed by atoms with Crippen LogP contribution >= 0.6 is 24.4 Å². The summed E-state index contributed by atoms with van der Waals surface area (Å²) < 4.78 is 0. The fourth-order valence-corrected chi connectivity index (χ4v) is 3.83. The second kappa shape index (κ2) is 10.3. The minimum atomic E-state index is 0.890. The van der Waals surface area contributed by atoms with Crippen LogP contribution < -0.4 is 0 Å². The van der Waals surface area contributed by atoms with Gasteiger partial charge in [0.05, 0.1) is 22.8 Å². The van der Waals surface area contributed by atoms with Crippen LogP contribution in [0.3, 0.4) is 0 Å². The first kappa shape index (κ1) is 18.9. The van der Waals surface area contributed by atoms with Crippen molar-refractivity contribution >= 4 is 24.4 Å². The molecule has 0 spiro atoms. The highest BCUT2D eigenvalue weighted by molar-refractivity contribution is 7.99. The zero-order chi connectivity index (χ0) is 18.0. The summed E-state index contributed by atoms with van der Waals surface area (Å²) in [6.07, 6.45) is 8.56. The number of thiol groups is 1. The average Bonchev–Trinajstić information content (AvgIpc) is 2.72. The van der Waals surface area contributed by atoms with Crippen LogP contribution in [0, 0.1) is 0 Å². The zero-order valence-corrected chi connectivity index (χ0v) is 16.4. The fourth-order valence-electron chi connectivity index (χ4n) is 2.64. The normalized spacial score (nSPS) is 10.8. The van der Waals surface area contributed by atoms with Crippen molar-refractivity contribution in [3.63, 3.8) is 0 Å². The van der Waals surface area contributed by atoms with Gasteiger partial charge in [0.1, 0.15) is 0 Å². The molecule has 3 rings (SSSR count). The molecule has 0 unspecified atom stereocenters. The van der Waals surface area contributed by atoms with Gasteiger partial charge in [-0.15, -0.1) is 11.8 Å². The van der Waals surface area contributed by atoms with Gasteiger partial charge < -0.3 is 0 Å². The number of thioether (sulfide) groups is 1. The molecule has 0 radical (unpaired) electrons. The molecule has 3 nitrogen and oxygen atoms in total. The SMILES string of the molecule is SCCCCCCSc1cc(-c2ccccn2)nc(-c2ccccn2)c1. The summed E-state index contributed by atoms with van der Waals surface area (Å²) in [6.45, 7) is 0. The minimum absolute atomic E-state index is 0.890. The Morgan fingerprint density at radius 2 is 1.35 bits per heavy atom. The van der Waals surface area contributed by atoms with E-state index in [1.54, 1.807) is 12.4 Å². The van der Waals surface area contributed by atoms with E-state index < -0.39 is 0 Å². The Labute approximate surface area is 165 Å². The molecule has 0 aromatic carbocycles. The quantitative estimate of drug-likeness (QED) is 0.289. The molecule has 0 saturated carbocycles. The Morgan fingerprint density at radius 3 is 1.88 bits per heavy atom. The van der Waals surface area contributed by atoms with Crippen molar-refractivity contribution in [1.82, 2.24) is 15.0 Å². The number of hydrogen-bond acceptors (Lipinski definition) is 5. The Balaban J connectivity index is 1.79. The first-order valence-electron chi connectivity index (χ1n) is 8.95. The average molecular weight is 382 g/mol. The van der Waals surface area contributed by atoms with Crippen molar-refractivity contribution in [1.29, 1.82) is 0 Å². The van der Waals surface area contributed by atoms with Crippen molar-refractivity contribution in [3.8, 4) is 22.8 Å². The van der Waals surface area contributed by atoms with Crippen molar-refractivity contribution in [2.45, 2.75) is 30.6 Å². The number of hydrogen-bond donors (Lipinski definition) is 1. The summed E-state index contributed by atoms with van der Waals surface area (Å²) in [5.74, 6) is 2.10. The number of nitrogens with zero attached hydrogens (tertiary/aromatic N) is 3. The smallest absolute Gasteiger partial charge is 0.0905 e. The molecule has 0 atom stereocenters. The molecule has 26 heavy (non-hydrogen) atoms. The second-order valence-corrected chi connectivity index (χ2v) is 7.61. The van der Waals surface area contributed by atoms with Crippen LogP contribution in [0.5, 0.6) is 0 Å². The number of rotatable bonds is 9. The maximum Gasteiger partial charge on any atom is 0.0905 e. The van der Waals surface area contributed by atoms with E-state index in [0.717, 1.165) is 34.3 Å². The van der Waals surface area contributed by atoms with Crippen molar-refractivity contribution in [3.05, 3.63) is 60.9 Å². The Bertz CT molecular complexity index is 737. The Hall–Kier alpha value is -1.85. The molecule has 0 amide bonds. The van der Waals surface area contributed by atoms with Gasteiger partial charge in [-0.3, -0.25) is 9.97 Å². The summed E-state index contributed by atoms with van der Waals surface area (Å²) in [5, 5.41) is 0. The predicted octanol–water partition coefficient (Wildman–Crippen LogP) is 5.79. The van der Waals surface area contributed by atoms with Gasteiger partial charge in [-0.1, -0.05) is 25.0 Å². The number of unbranched alkanes of at least 4 members (excludes halogenated alkanes) is 3. The second-order valence-electron chi connectivity index (χ2n) is 5.99. The lowest BCUT2D eigenvalue weighted by Crippen LogP contribution is -1.93. The van der Waals surface area contributed by atoms with E-state index in [1.165, 1.54) is 30.6 Å². The van der Waals surface area contributed by atoms with Crippen LogP contribution in [0.4, 0.5) is 0 Å². The summed E-state index contributed by atoms with van der Waals surface area (Å²) in [6, 6.07) is 16.1. The van der Waals surface area contributed by atoms with Gasteiger partial charge >= 0.3 is 0 Å². The summed E-state index contributed by atoms with van der Waals surface area (Å²) >= 11 is 6.15. The molecule has 0 saturated heterocycles. The van der Waals surface area contributed by atoms with Crippen LogP contribution in [-0.2, 0) is 0 Å². The Morgan fingerprint density at radius 1 is 0.731 bits per heavy atom. The lowest BCUT2D eigenvalue weighted by molar-refractivity contribution is 0.712. The molecule has 3 aromatic rings. The highest BCUT2D eigenvalue weighted by Crippen LogP contribution is 2.28. The highest BCUT2D eigenvalue weighted by Gasteiger charge is 2.09. The van der Waals surface area contributed by atoms with Gasteiger partial charge in [-0.25, -0.2) is 4.98 Å². The largest absolute Gasteiger partial charge is 0.255 e. The molecule has 0 bridgehead atoms. The highest BCUT2D eigenvalue weighted by atomic mass is 32.2. The molecular formula is C21H23N3S2. The molecule has 3 heterocycles. The molecule has 3 aromatic heterocycles. The van der Waals surface area contributed by atoms with E-state index in [2.05, 4.69) is 34.7 Å². The lowest BCUT2D eigenvalue weighted by atomic mass is 10.2.